The molecule has 0 fully saturated rings. The molecule has 0 saturated heterocycles. The van der Waals surface area contributed by atoms with Gasteiger partial charge in [0.1, 0.15) is 0 Å². The van der Waals surface area contributed by atoms with E-state index in [1.807, 2.05) is 24.3 Å². The number of fused-ring (bicyclic) bond motifs is 1. The minimum atomic E-state index is -0.269. The fraction of sp³-hybridized carbons (Fsp3) is 0.238. The smallest absolute Gasteiger partial charge is 0.298 e. The van der Waals surface area contributed by atoms with E-state index >= 15 is 0 Å². The van der Waals surface area contributed by atoms with E-state index in [9.17, 15) is 4.79 Å². The SMILES string of the molecule is Cc1cc(C(=O)N(Cc2cccnc2)c2nc3c(C(C)C)cccc3s2)on1. The molecule has 1 aromatic carbocycles. The number of carbonyl (C=O) groups is 1. The van der Waals surface area contributed by atoms with Gasteiger partial charge in [-0.2, -0.15) is 0 Å². The van der Waals surface area contributed by atoms with Crippen LogP contribution < -0.4 is 4.90 Å². The van der Waals surface area contributed by atoms with Crippen molar-refractivity contribution in [3.05, 3.63) is 71.4 Å². The first kappa shape index (κ1) is 18.3. The van der Waals surface area contributed by atoms with E-state index in [1.54, 1.807) is 30.3 Å². The lowest BCUT2D eigenvalue weighted by Crippen LogP contribution is -2.30. The van der Waals surface area contributed by atoms with Crippen LogP contribution in [0.1, 0.15) is 47.1 Å². The maximum absolute atomic E-state index is 13.2. The van der Waals surface area contributed by atoms with Gasteiger partial charge in [-0.3, -0.25) is 14.7 Å². The maximum Gasteiger partial charge on any atom is 0.298 e. The van der Waals surface area contributed by atoms with Crippen LogP contribution in [0.2, 0.25) is 0 Å². The highest BCUT2D eigenvalue weighted by Gasteiger charge is 2.25. The van der Waals surface area contributed by atoms with Gasteiger partial charge in [0.15, 0.2) is 5.13 Å². The summed E-state index contributed by atoms with van der Waals surface area (Å²) < 4.78 is 6.28. The van der Waals surface area contributed by atoms with Crippen LogP contribution in [0.15, 0.2) is 53.3 Å². The maximum atomic E-state index is 13.2. The molecule has 3 aromatic heterocycles. The highest BCUT2D eigenvalue weighted by Crippen LogP contribution is 2.34. The molecule has 28 heavy (non-hydrogen) atoms. The first-order chi connectivity index (χ1) is 13.5. The fourth-order valence-corrected chi connectivity index (χ4v) is 4.04. The molecule has 4 rings (SSSR count). The summed E-state index contributed by atoms with van der Waals surface area (Å²) in [5.74, 6) is 0.275. The van der Waals surface area contributed by atoms with Crippen LogP contribution >= 0.6 is 11.3 Å². The first-order valence-electron chi connectivity index (χ1n) is 9.06. The van der Waals surface area contributed by atoms with Gasteiger partial charge in [-0.25, -0.2) is 4.98 Å². The Labute approximate surface area is 166 Å². The lowest BCUT2D eigenvalue weighted by atomic mass is 10.0. The predicted octanol–water partition coefficient (Wildman–Crippen LogP) is 4.96. The van der Waals surface area contributed by atoms with Crippen LogP contribution in [-0.2, 0) is 6.54 Å². The Bertz CT molecular complexity index is 1120. The number of pyridine rings is 1. The number of hydrogen-bond donors (Lipinski definition) is 0. The molecular formula is C21H20N4O2S. The second kappa shape index (κ2) is 7.52. The van der Waals surface area contributed by atoms with Crippen molar-refractivity contribution in [2.45, 2.75) is 33.2 Å². The largest absolute Gasteiger partial charge is 0.351 e. The van der Waals surface area contributed by atoms with Gasteiger partial charge >= 0.3 is 0 Å². The monoisotopic (exact) mass is 392 g/mol. The summed E-state index contributed by atoms with van der Waals surface area (Å²) in [6, 6.07) is 11.6. The molecule has 0 spiro atoms. The Morgan fingerprint density at radius 1 is 1.25 bits per heavy atom. The van der Waals surface area contributed by atoms with Crippen molar-refractivity contribution in [3.63, 3.8) is 0 Å². The molecule has 0 bridgehead atoms. The molecule has 0 radical (unpaired) electrons. The summed E-state index contributed by atoms with van der Waals surface area (Å²) in [6.45, 7) is 6.43. The van der Waals surface area contributed by atoms with E-state index < -0.39 is 0 Å². The summed E-state index contributed by atoms with van der Waals surface area (Å²) in [5, 5.41) is 4.48. The molecule has 1 amide bonds. The number of thiazole rings is 1. The van der Waals surface area contributed by atoms with Crippen LogP contribution in [0.4, 0.5) is 5.13 Å². The molecule has 0 N–H and O–H groups in total. The number of nitrogens with zero attached hydrogens (tertiary/aromatic N) is 4. The quantitative estimate of drug-likeness (QED) is 0.480. The summed E-state index contributed by atoms with van der Waals surface area (Å²) in [5.41, 5.74) is 3.69. The Morgan fingerprint density at radius 3 is 2.79 bits per heavy atom. The van der Waals surface area contributed by atoms with Crippen molar-refractivity contribution in [2.24, 2.45) is 0 Å². The second-order valence-corrected chi connectivity index (χ2v) is 7.94. The van der Waals surface area contributed by atoms with Gasteiger partial charge in [-0.1, -0.05) is 48.5 Å². The average Bonchev–Trinajstić information content (AvgIpc) is 3.32. The van der Waals surface area contributed by atoms with Gasteiger partial charge in [-0.05, 0) is 36.1 Å². The number of amides is 1. The molecule has 0 saturated carbocycles. The Morgan fingerprint density at radius 2 is 2.11 bits per heavy atom. The van der Waals surface area contributed by atoms with Crippen molar-refractivity contribution in [2.75, 3.05) is 4.90 Å². The molecule has 0 aliphatic carbocycles. The van der Waals surface area contributed by atoms with E-state index in [4.69, 9.17) is 9.51 Å². The number of rotatable bonds is 5. The first-order valence-corrected chi connectivity index (χ1v) is 9.88. The fourth-order valence-electron chi connectivity index (χ4n) is 3.04. The molecule has 142 valence electrons. The molecule has 3 heterocycles. The zero-order valence-corrected chi connectivity index (χ0v) is 16.7. The summed E-state index contributed by atoms with van der Waals surface area (Å²) in [7, 11) is 0. The number of hydrogen-bond acceptors (Lipinski definition) is 6. The standard InChI is InChI=1S/C21H20N4O2S/c1-13(2)16-7-4-8-18-19(16)23-21(28-18)25(12-15-6-5-9-22-11-15)20(26)17-10-14(3)24-27-17/h4-11,13H,12H2,1-3H3. The van der Waals surface area contributed by atoms with Crippen LogP contribution in [0.25, 0.3) is 10.2 Å². The van der Waals surface area contributed by atoms with E-state index in [0.29, 0.717) is 23.3 Å². The van der Waals surface area contributed by atoms with Gasteiger partial charge in [-0.15, -0.1) is 0 Å². The van der Waals surface area contributed by atoms with Crippen molar-refractivity contribution < 1.29 is 9.32 Å². The number of carbonyl (C=O) groups excluding carboxylic acids is 1. The summed E-state index contributed by atoms with van der Waals surface area (Å²) >= 11 is 1.50. The number of aromatic nitrogens is 3. The normalized spacial score (nSPS) is 11.3. The number of para-hydroxylation sites is 1. The molecule has 7 heteroatoms. The van der Waals surface area contributed by atoms with Crippen LogP contribution in [0.3, 0.4) is 0 Å². The highest BCUT2D eigenvalue weighted by atomic mass is 32.1. The average molecular weight is 392 g/mol. The lowest BCUT2D eigenvalue weighted by Gasteiger charge is -2.18. The Balaban J connectivity index is 1.79. The van der Waals surface area contributed by atoms with Crippen molar-refractivity contribution >= 4 is 32.6 Å². The van der Waals surface area contributed by atoms with Crippen LogP contribution in [-0.4, -0.2) is 21.0 Å². The molecular weight excluding hydrogens is 372 g/mol. The van der Waals surface area contributed by atoms with Crippen LogP contribution in [0, 0.1) is 6.92 Å². The zero-order chi connectivity index (χ0) is 19.7. The van der Waals surface area contributed by atoms with Crippen LogP contribution in [0.5, 0.6) is 0 Å². The van der Waals surface area contributed by atoms with Crippen molar-refractivity contribution in [1.29, 1.82) is 0 Å². The van der Waals surface area contributed by atoms with Gasteiger partial charge in [0.05, 0.1) is 22.5 Å². The zero-order valence-electron chi connectivity index (χ0n) is 15.9. The third-order valence-electron chi connectivity index (χ3n) is 4.44. The molecule has 6 nitrogen and oxygen atoms in total. The molecule has 0 aliphatic heterocycles. The third-order valence-corrected chi connectivity index (χ3v) is 5.48. The Kier molecular flexibility index (Phi) is 4.92. The minimum absolute atomic E-state index is 0.199. The number of benzene rings is 1. The topological polar surface area (TPSA) is 72.1 Å². The third kappa shape index (κ3) is 3.53. The van der Waals surface area contributed by atoms with Gasteiger partial charge in [0.2, 0.25) is 5.76 Å². The molecule has 0 unspecified atom stereocenters. The summed E-state index contributed by atoms with van der Waals surface area (Å²) in [4.78, 5) is 23.8. The summed E-state index contributed by atoms with van der Waals surface area (Å²) in [6.07, 6.45) is 3.46. The van der Waals surface area contributed by atoms with Gasteiger partial charge in [0, 0.05) is 18.5 Å². The second-order valence-electron chi connectivity index (χ2n) is 6.93. The minimum Gasteiger partial charge on any atom is -0.351 e. The van der Waals surface area contributed by atoms with E-state index in [2.05, 4.69) is 30.1 Å². The van der Waals surface area contributed by atoms with Gasteiger partial charge < -0.3 is 4.52 Å². The number of aryl methyl sites for hydroxylation is 1. The van der Waals surface area contributed by atoms with E-state index in [1.165, 1.54) is 16.9 Å². The molecule has 0 aliphatic rings. The predicted molar refractivity (Wildman–Crippen MR) is 110 cm³/mol. The highest BCUT2D eigenvalue weighted by molar-refractivity contribution is 7.22. The lowest BCUT2D eigenvalue weighted by molar-refractivity contribution is 0.0949. The van der Waals surface area contributed by atoms with E-state index in [0.717, 1.165) is 15.8 Å². The van der Waals surface area contributed by atoms with E-state index in [-0.39, 0.29) is 11.7 Å². The van der Waals surface area contributed by atoms with Crippen molar-refractivity contribution in [1.82, 2.24) is 15.1 Å². The number of anilines is 1. The Hall–Kier alpha value is -3.06. The molecule has 0 atom stereocenters. The van der Waals surface area contributed by atoms with Crippen molar-refractivity contribution in [3.8, 4) is 0 Å². The van der Waals surface area contributed by atoms with Gasteiger partial charge in [0.25, 0.3) is 5.91 Å². The molecule has 4 aromatic rings.